The number of nitro groups is 1. The van der Waals surface area contributed by atoms with Crippen molar-refractivity contribution in [3.05, 3.63) is 28.3 Å². The quantitative estimate of drug-likeness (QED) is 0.528. The Morgan fingerprint density at radius 3 is 2.75 bits per heavy atom. The van der Waals surface area contributed by atoms with Crippen molar-refractivity contribution in [2.45, 2.75) is 12.5 Å². The number of benzene rings is 1. The van der Waals surface area contributed by atoms with E-state index in [0.29, 0.717) is 12.2 Å². The fourth-order valence-corrected chi connectivity index (χ4v) is 1.60. The normalized spacial score (nSPS) is 11.7. The highest BCUT2D eigenvalue weighted by Crippen LogP contribution is 2.31. The summed E-state index contributed by atoms with van der Waals surface area (Å²) >= 11 is 0. The van der Waals surface area contributed by atoms with Crippen LogP contribution in [0.4, 0.5) is 5.69 Å². The van der Waals surface area contributed by atoms with Crippen molar-refractivity contribution in [2.75, 3.05) is 20.8 Å². The molecule has 0 aliphatic carbocycles. The van der Waals surface area contributed by atoms with Crippen LogP contribution in [0.15, 0.2) is 18.2 Å². The summed E-state index contributed by atoms with van der Waals surface area (Å²) in [5.41, 5.74) is 5.00. The zero-order valence-electron chi connectivity index (χ0n) is 11.3. The number of amides is 1. The van der Waals surface area contributed by atoms with E-state index in [9.17, 15) is 14.9 Å². The van der Waals surface area contributed by atoms with Gasteiger partial charge in [0, 0.05) is 18.6 Å². The SMILES string of the molecule is CNC(CCOc1cc(OC)ccc1[N+](=O)[O-])C(N)=O. The predicted molar refractivity (Wildman–Crippen MR) is 71.8 cm³/mol. The number of nitrogens with one attached hydrogen (secondary N) is 1. The Kier molecular flexibility index (Phi) is 5.73. The van der Waals surface area contributed by atoms with E-state index in [1.54, 1.807) is 7.05 Å². The molecule has 0 radical (unpaired) electrons. The maximum absolute atomic E-state index is 11.0. The number of nitrogens with zero attached hydrogens (tertiary/aromatic N) is 1. The predicted octanol–water partition coefficient (Wildman–Crippen LogP) is 0.446. The second kappa shape index (κ2) is 7.29. The summed E-state index contributed by atoms with van der Waals surface area (Å²) in [6.45, 7) is 0.114. The van der Waals surface area contributed by atoms with Crippen LogP contribution in [0.5, 0.6) is 11.5 Å². The lowest BCUT2D eigenvalue weighted by Gasteiger charge is -2.13. The first-order valence-electron chi connectivity index (χ1n) is 5.91. The minimum absolute atomic E-state index is 0.0914. The lowest BCUT2D eigenvalue weighted by molar-refractivity contribution is -0.385. The maximum atomic E-state index is 11.0. The van der Waals surface area contributed by atoms with E-state index in [2.05, 4.69) is 5.32 Å². The number of rotatable bonds is 8. The van der Waals surface area contributed by atoms with Gasteiger partial charge in [-0.15, -0.1) is 0 Å². The molecule has 1 atom stereocenters. The summed E-state index contributed by atoms with van der Waals surface area (Å²) in [5.74, 6) is 0.0376. The van der Waals surface area contributed by atoms with Crippen LogP contribution < -0.4 is 20.5 Å². The van der Waals surface area contributed by atoms with E-state index in [4.69, 9.17) is 15.2 Å². The number of methoxy groups -OCH3 is 1. The van der Waals surface area contributed by atoms with Crippen LogP contribution in [-0.2, 0) is 4.79 Å². The van der Waals surface area contributed by atoms with Gasteiger partial charge in [0.2, 0.25) is 11.7 Å². The number of carbonyl (C=O) groups excluding carboxylic acids is 1. The molecule has 0 aliphatic heterocycles. The molecule has 0 aliphatic rings. The topological polar surface area (TPSA) is 117 Å². The number of ether oxygens (including phenoxy) is 2. The first-order valence-corrected chi connectivity index (χ1v) is 5.91. The molecule has 0 aromatic heterocycles. The Hall–Kier alpha value is -2.35. The van der Waals surface area contributed by atoms with Crippen LogP contribution in [0, 0.1) is 10.1 Å². The van der Waals surface area contributed by atoms with E-state index < -0.39 is 16.9 Å². The summed E-state index contributed by atoms with van der Waals surface area (Å²) in [6, 6.07) is 3.67. The zero-order valence-corrected chi connectivity index (χ0v) is 11.3. The molecule has 8 heteroatoms. The Balaban J connectivity index is 2.75. The zero-order chi connectivity index (χ0) is 15.1. The molecule has 0 bridgehead atoms. The fourth-order valence-electron chi connectivity index (χ4n) is 1.60. The van der Waals surface area contributed by atoms with Crippen LogP contribution in [0.1, 0.15) is 6.42 Å². The summed E-state index contributed by atoms with van der Waals surface area (Å²) < 4.78 is 10.3. The Morgan fingerprint density at radius 1 is 1.55 bits per heavy atom. The average Bonchev–Trinajstić information content (AvgIpc) is 2.42. The van der Waals surface area contributed by atoms with Gasteiger partial charge < -0.3 is 20.5 Å². The molecular weight excluding hydrogens is 266 g/mol. The molecular formula is C12H17N3O5. The molecule has 0 saturated heterocycles. The Morgan fingerprint density at radius 2 is 2.25 bits per heavy atom. The van der Waals surface area contributed by atoms with Crippen LogP contribution in [-0.4, -0.2) is 37.6 Å². The molecule has 0 saturated carbocycles. The number of primary amides is 1. The van der Waals surface area contributed by atoms with Crippen molar-refractivity contribution in [3.8, 4) is 11.5 Å². The van der Waals surface area contributed by atoms with Crippen molar-refractivity contribution < 1.29 is 19.2 Å². The Labute approximate surface area is 116 Å². The first-order chi connectivity index (χ1) is 9.49. The second-order valence-corrected chi connectivity index (χ2v) is 3.97. The summed E-state index contributed by atoms with van der Waals surface area (Å²) in [7, 11) is 3.05. The largest absolute Gasteiger partial charge is 0.497 e. The standard InChI is InChI=1S/C12H17N3O5/c1-14-9(12(13)16)5-6-20-11-7-8(19-2)3-4-10(11)15(17)18/h3-4,7,9,14H,5-6H2,1-2H3,(H2,13,16). The van der Waals surface area contributed by atoms with Gasteiger partial charge in [0.05, 0.1) is 24.7 Å². The highest BCUT2D eigenvalue weighted by atomic mass is 16.6. The Bertz CT molecular complexity index is 492. The number of nitro benzene ring substituents is 1. The van der Waals surface area contributed by atoms with Crippen LogP contribution in [0.2, 0.25) is 0 Å². The number of hydrogen-bond acceptors (Lipinski definition) is 6. The van der Waals surface area contributed by atoms with Crippen LogP contribution in [0.3, 0.4) is 0 Å². The molecule has 0 spiro atoms. The van der Waals surface area contributed by atoms with Crippen LogP contribution in [0.25, 0.3) is 0 Å². The fraction of sp³-hybridized carbons (Fsp3) is 0.417. The van der Waals surface area contributed by atoms with Gasteiger partial charge in [0.25, 0.3) is 0 Å². The molecule has 1 unspecified atom stereocenters. The number of nitrogens with two attached hydrogens (primary N) is 1. The van der Waals surface area contributed by atoms with Crippen molar-refractivity contribution in [3.63, 3.8) is 0 Å². The van der Waals surface area contributed by atoms with Gasteiger partial charge in [-0.05, 0) is 13.1 Å². The van der Waals surface area contributed by atoms with Gasteiger partial charge in [0.1, 0.15) is 5.75 Å². The second-order valence-electron chi connectivity index (χ2n) is 3.97. The minimum Gasteiger partial charge on any atom is -0.497 e. The minimum atomic E-state index is -0.543. The van der Waals surface area contributed by atoms with E-state index in [0.717, 1.165) is 0 Å². The van der Waals surface area contributed by atoms with Gasteiger partial charge >= 0.3 is 5.69 Å². The van der Waals surface area contributed by atoms with Crippen molar-refractivity contribution in [1.82, 2.24) is 5.32 Å². The van der Waals surface area contributed by atoms with Gasteiger partial charge in [-0.2, -0.15) is 0 Å². The lowest BCUT2D eigenvalue weighted by atomic mass is 10.2. The lowest BCUT2D eigenvalue weighted by Crippen LogP contribution is -2.40. The average molecular weight is 283 g/mol. The molecule has 1 rings (SSSR count). The molecule has 0 fully saturated rings. The molecule has 20 heavy (non-hydrogen) atoms. The molecule has 8 nitrogen and oxygen atoms in total. The molecule has 3 N–H and O–H groups in total. The third kappa shape index (κ3) is 4.09. The van der Waals surface area contributed by atoms with Crippen LogP contribution >= 0.6 is 0 Å². The first kappa shape index (κ1) is 15.7. The third-order valence-electron chi connectivity index (χ3n) is 2.72. The molecule has 1 amide bonds. The van der Waals surface area contributed by atoms with E-state index in [1.807, 2.05) is 0 Å². The molecule has 1 aromatic carbocycles. The van der Waals surface area contributed by atoms with Crippen molar-refractivity contribution >= 4 is 11.6 Å². The smallest absolute Gasteiger partial charge is 0.311 e. The highest BCUT2D eigenvalue weighted by molar-refractivity contribution is 5.79. The molecule has 110 valence electrons. The molecule has 1 aromatic rings. The monoisotopic (exact) mass is 283 g/mol. The van der Waals surface area contributed by atoms with Gasteiger partial charge in [-0.3, -0.25) is 14.9 Å². The van der Waals surface area contributed by atoms with E-state index in [-0.39, 0.29) is 18.0 Å². The maximum Gasteiger partial charge on any atom is 0.311 e. The number of hydrogen-bond donors (Lipinski definition) is 2. The van der Waals surface area contributed by atoms with Gasteiger partial charge in [0.15, 0.2) is 0 Å². The summed E-state index contributed by atoms with van der Waals surface area (Å²) in [6.07, 6.45) is 0.306. The summed E-state index contributed by atoms with van der Waals surface area (Å²) in [5, 5.41) is 13.6. The summed E-state index contributed by atoms with van der Waals surface area (Å²) in [4.78, 5) is 21.4. The number of carbonyl (C=O) groups is 1. The number of likely N-dealkylation sites (N-methyl/N-ethyl adjacent to an activating group) is 1. The van der Waals surface area contributed by atoms with Crippen molar-refractivity contribution in [2.24, 2.45) is 5.73 Å². The highest BCUT2D eigenvalue weighted by Gasteiger charge is 2.18. The third-order valence-corrected chi connectivity index (χ3v) is 2.72. The molecule has 0 heterocycles. The van der Waals surface area contributed by atoms with Crippen molar-refractivity contribution in [1.29, 1.82) is 0 Å². The van der Waals surface area contributed by atoms with Gasteiger partial charge in [-0.1, -0.05) is 0 Å². The van der Waals surface area contributed by atoms with E-state index >= 15 is 0 Å². The van der Waals surface area contributed by atoms with Gasteiger partial charge in [-0.25, -0.2) is 0 Å². The van der Waals surface area contributed by atoms with E-state index in [1.165, 1.54) is 25.3 Å².